The van der Waals surface area contributed by atoms with Crippen LogP contribution in [0.1, 0.15) is 41.6 Å². The van der Waals surface area contributed by atoms with E-state index in [1.165, 1.54) is 5.56 Å². The molecule has 2 bridgehead atoms. The van der Waals surface area contributed by atoms with Crippen molar-refractivity contribution in [3.63, 3.8) is 0 Å². The van der Waals surface area contributed by atoms with Crippen LogP contribution in [-0.2, 0) is 6.42 Å². The molecule has 0 aliphatic carbocycles. The number of carbonyl (C=O) groups is 1. The molecule has 2 aliphatic heterocycles. The van der Waals surface area contributed by atoms with Crippen molar-refractivity contribution in [1.29, 1.82) is 0 Å². The Kier molecular flexibility index (Phi) is 5.77. The lowest BCUT2D eigenvalue weighted by Gasteiger charge is -2.39. The Morgan fingerprint density at radius 3 is 1.97 bits per heavy atom. The second-order valence-corrected chi connectivity index (χ2v) is 7.95. The maximum absolute atomic E-state index is 13.9. The lowest BCUT2D eigenvalue weighted by atomic mass is 9.96. The van der Waals surface area contributed by atoms with Crippen LogP contribution in [0.4, 0.5) is 22.0 Å². The fourth-order valence-electron chi connectivity index (χ4n) is 4.72. The van der Waals surface area contributed by atoms with E-state index in [4.69, 9.17) is 0 Å². The van der Waals surface area contributed by atoms with Crippen LogP contribution in [0.2, 0.25) is 0 Å². The van der Waals surface area contributed by atoms with Crippen LogP contribution in [0.25, 0.3) is 0 Å². The van der Waals surface area contributed by atoms with E-state index in [9.17, 15) is 26.7 Å². The standard InChI is InChI=1S/C22H21F5N2O/c23-17-16(18(24)20(26)21(27)19(17)25)22(30)28-13-10-14-6-7-15(11-13)29(14)9-8-12-4-2-1-3-5-12/h1-5,13-15H,6-11H2,(H,28,30). The summed E-state index contributed by atoms with van der Waals surface area (Å²) in [4.78, 5) is 14.7. The topological polar surface area (TPSA) is 32.3 Å². The highest BCUT2D eigenvalue weighted by atomic mass is 19.2. The summed E-state index contributed by atoms with van der Waals surface area (Å²) in [5, 5.41) is 2.48. The van der Waals surface area contributed by atoms with Crippen molar-refractivity contribution in [2.75, 3.05) is 6.54 Å². The average Bonchev–Trinajstić information content (AvgIpc) is 2.98. The normalized spacial score (nSPS) is 23.6. The number of benzene rings is 2. The SMILES string of the molecule is O=C(NC1CC2CCC(C1)N2CCc1ccccc1)c1c(F)c(F)c(F)c(F)c1F. The van der Waals surface area contributed by atoms with Gasteiger partial charge in [-0.2, -0.15) is 0 Å². The largest absolute Gasteiger partial charge is 0.349 e. The molecular formula is C22H21F5N2O. The molecule has 2 heterocycles. The Bertz CT molecular complexity index is 909. The number of hydrogen-bond acceptors (Lipinski definition) is 2. The lowest BCUT2D eigenvalue weighted by molar-refractivity contribution is 0.0838. The molecule has 3 nitrogen and oxygen atoms in total. The van der Waals surface area contributed by atoms with Gasteiger partial charge in [-0.05, 0) is 37.7 Å². The predicted molar refractivity (Wildman–Crippen MR) is 100 cm³/mol. The molecule has 1 amide bonds. The van der Waals surface area contributed by atoms with Gasteiger partial charge in [0.25, 0.3) is 5.91 Å². The molecule has 2 aromatic rings. The Labute approximate surface area is 170 Å². The van der Waals surface area contributed by atoms with Crippen LogP contribution >= 0.6 is 0 Å². The number of fused-ring (bicyclic) bond motifs is 2. The number of piperidine rings is 1. The Morgan fingerprint density at radius 2 is 1.40 bits per heavy atom. The zero-order valence-corrected chi connectivity index (χ0v) is 16.1. The Balaban J connectivity index is 1.42. The van der Waals surface area contributed by atoms with Crippen molar-refractivity contribution in [3.05, 3.63) is 70.5 Å². The van der Waals surface area contributed by atoms with Crippen LogP contribution < -0.4 is 5.32 Å². The molecule has 0 radical (unpaired) electrons. The molecule has 0 saturated carbocycles. The van der Waals surface area contributed by atoms with Crippen LogP contribution in [0.3, 0.4) is 0 Å². The van der Waals surface area contributed by atoms with Gasteiger partial charge in [-0.15, -0.1) is 0 Å². The summed E-state index contributed by atoms with van der Waals surface area (Å²) in [6, 6.07) is 10.1. The van der Waals surface area contributed by atoms with Gasteiger partial charge in [-0.25, -0.2) is 22.0 Å². The summed E-state index contributed by atoms with van der Waals surface area (Å²) < 4.78 is 67.8. The van der Waals surface area contributed by atoms with E-state index in [1.807, 2.05) is 18.2 Å². The van der Waals surface area contributed by atoms with Gasteiger partial charge in [0.15, 0.2) is 23.3 Å². The number of amides is 1. The van der Waals surface area contributed by atoms with E-state index in [-0.39, 0.29) is 18.1 Å². The minimum absolute atomic E-state index is 0.217. The zero-order valence-electron chi connectivity index (χ0n) is 16.1. The fraction of sp³-hybridized carbons (Fsp3) is 0.409. The molecule has 2 unspecified atom stereocenters. The molecule has 2 aromatic carbocycles. The van der Waals surface area contributed by atoms with Gasteiger partial charge in [-0.3, -0.25) is 9.69 Å². The molecule has 2 saturated heterocycles. The number of rotatable bonds is 5. The quantitative estimate of drug-likeness (QED) is 0.440. The number of nitrogens with one attached hydrogen (secondary N) is 1. The van der Waals surface area contributed by atoms with Gasteiger partial charge < -0.3 is 5.32 Å². The minimum atomic E-state index is -2.27. The molecule has 2 fully saturated rings. The van der Waals surface area contributed by atoms with Crippen LogP contribution in [-0.4, -0.2) is 35.5 Å². The average molecular weight is 424 g/mol. The fourth-order valence-corrected chi connectivity index (χ4v) is 4.72. The van der Waals surface area contributed by atoms with Gasteiger partial charge in [0.2, 0.25) is 5.82 Å². The Morgan fingerprint density at radius 1 is 0.867 bits per heavy atom. The van der Waals surface area contributed by atoms with E-state index in [0.717, 1.165) is 25.8 Å². The van der Waals surface area contributed by atoms with Crippen molar-refractivity contribution in [2.24, 2.45) is 0 Å². The van der Waals surface area contributed by atoms with E-state index in [0.29, 0.717) is 12.8 Å². The van der Waals surface area contributed by atoms with E-state index in [1.54, 1.807) is 0 Å². The molecular weight excluding hydrogens is 403 g/mol. The third kappa shape index (κ3) is 3.80. The first kappa shape index (κ1) is 20.8. The van der Waals surface area contributed by atoms with Gasteiger partial charge in [0.05, 0.1) is 0 Å². The molecule has 4 rings (SSSR count). The number of nitrogens with zero attached hydrogens (tertiary/aromatic N) is 1. The first-order chi connectivity index (χ1) is 14.4. The molecule has 160 valence electrons. The monoisotopic (exact) mass is 424 g/mol. The van der Waals surface area contributed by atoms with E-state index in [2.05, 4.69) is 22.3 Å². The lowest BCUT2D eigenvalue weighted by Crippen LogP contribution is -2.51. The summed E-state index contributed by atoms with van der Waals surface area (Å²) >= 11 is 0. The van der Waals surface area contributed by atoms with Crippen molar-refractivity contribution < 1.29 is 26.7 Å². The first-order valence-corrected chi connectivity index (χ1v) is 9.98. The number of halogens is 5. The van der Waals surface area contributed by atoms with Crippen molar-refractivity contribution in [2.45, 2.75) is 50.2 Å². The molecule has 0 spiro atoms. The van der Waals surface area contributed by atoms with Crippen molar-refractivity contribution in [3.8, 4) is 0 Å². The molecule has 2 atom stereocenters. The number of hydrogen-bond donors (Lipinski definition) is 1. The third-order valence-electron chi connectivity index (χ3n) is 6.16. The highest BCUT2D eigenvalue weighted by molar-refractivity contribution is 5.95. The summed E-state index contributed by atoms with van der Waals surface area (Å²) in [5.74, 6) is -12.0. The second-order valence-electron chi connectivity index (χ2n) is 7.95. The maximum atomic E-state index is 13.9. The summed E-state index contributed by atoms with van der Waals surface area (Å²) in [5.41, 5.74) is -0.191. The minimum Gasteiger partial charge on any atom is -0.349 e. The molecule has 8 heteroatoms. The van der Waals surface area contributed by atoms with Gasteiger partial charge in [0, 0.05) is 24.7 Å². The smallest absolute Gasteiger partial charge is 0.257 e. The van der Waals surface area contributed by atoms with Crippen molar-refractivity contribution >= 4 is 5.91 Å². The van der Waals surface area contributed by atoms with Gasteiger partial charge in [0.1, 0.15) is 5.56 Å². The summed E-state index contributed by atoms with van der Waals surface area (Å²) in [6.45, 7) is 0.873. The third-order valence-corrected chi connectivity index (χ3v) is 6.16. The molecule has 2 aliphatic rings. The van der Waals surface area contributed by atoms with E-state index >= 15 is 0 Å². The van der Waals surface area contributed by atoms with Gasteiger partial charge in [-0.1, -0.05) is 30.3 Å². The molecule has 0 aromatic heterocycles. The predicted octanol–water partition coefficient (Wildman–Crippen LogP) is 4.35. The summed E-state index contributed by atoms with van der Waals surface area (Å²) in [6.07, 6.45) is 3.96. The zero-order chi connectivity index (χ0) is 21.4. The molecule has 30 heavy (non-hydrogen) atoms. The van der Waals surface area contributed by atoms with Crippen LogP contribution in [0.15, 0.2) is 30.3 Å². The van der Waals surface area contributed by atoms with Gasteiger partial charge >= 0.3 is 0 Å². The number of carbonyl (C=O) groups excluding carboxylic acids is 1. The maximum Gasteiger partial charge on any atom is 0.257 e. The first-order valence-electron chi connectivity index (χ1n) is 9.98. The van der Waals surface area contributed by atoms with Crippen LogP contribution in [0.5, 0.6) is 0 Å². The summed E-state index contributed by atoms with van der Waals surface area (Å²) in [7, 11) is 0. The molecule has 1 N–H and O–H groups in total. The highest BCUT2D eigenvalue weighted by Gasteiger charge is 2.41. The van der Waals surface area contributed by atoms with E-state index < -0.39 is 40.6 Å². The highest BCUT2D eigenvalue weighted by Crippen LogP contribution is 2.36. The Hall–Kier alpha value is -2.48. The van der Waals surface area contributed by atoms with Crippen LogP contribution in [0, 0.1) is 29.1 Å². The second kappa shape index (κ2) is 8.34. The van der Waals surface area contributed by atoms with Crippen molar-refractivity contribution in [1.82, 2.24) is 10.2 Å².